The third-order valence-electron chi connectivity index (χ3n) is 4.40. The van der Waals surface area contributed by atoms with E-state index in [0.29, 0.717) is 25.6 Å². The third kappa shape index (κ3) is 4.76. The van der Waals surface area contributed by atoms with Crippen LogP contribution in [0.1, 0.15) is 20.8 Å². The second-order valence-electron chi connectivity index (χ2n) is 6.87. The van der Waals surface area contributed by atoms with E-state index in [1.807, 2.05) is 11.8 Å². The molecule has 1 aliphatic heterocycles. The van der Waals surface area contributed by atoms with Gasteiger partial charge in [0.05, 0.1) is 27.7 Å². The molecule has 26 heavy (non-hydrogen) atoms. The lowest BCUT2D eigenvalue weighted by Gasteiger charge is -2.39. The number of aliphatic imine (C=N–C) groups is 1. The summed E-state index contributed by atoms with van der Waals surface area (Å²) in [7, 11) is -6.53. The summed E-state index contributed by atoms with van der Waals surface area (Å²) in [5, 5.41) is 3.13. The van der Waals surface area contributed by atoms with Crippen LogP contribution in [-0.2, 0) is 19.7 Å². The van der Waals surface area contributed by atoms with Crippen molar-refractivity contribution in [3.63, 3.8) is 0 Å². The van der Waals surface area contributed by atoms with Crippen LogP contribution in [0.2, 0.25) is 0 Å². The van der Waals surface area contributed by atoms with E-state index < -0.39 is 24.4 Å². The van der Waals surface area contributed by atoms with Crippen molar-refractivity contribution in [3.8, 4) is 0 Å². The molecule has 7 nitrogen and oxygen atoms in total. The molecule has 0 aliphatic carbocycles. The summed E-state index contributed by atoms with van der Waals surface area (Å²) in [4.78, 5) is 6.59. The van der Waals surface area contributed by atoms with Crippen molar-refractivity contribution < 1.29 is 16.8 Å². The van der Waals surface area contributed by atoms with Crippen molar-refractivity contribution in [2.75, 3.05) is 37.7 Å². The minimum Gasteiger partial charge on any atom is -0.357 e. The van der Waals surface area contributed by atoms with Crippen LogP contribution in [0.5, 0.6) is 0 Å². The van der Waals surface area contributed by atoms with Gasteiger partial charge in [0.2, 0.25) is 0 Å². The molecule has 0 unspecified atom stereocenters. The van der Waals surface area contributed by atoms with Crippen LogP contribution >= 0.6 is 0 Å². The second kappa shape index (κ2) is 7.96. The molecule has 0 bridgehead atoms. The highest BCUT2D eigenvalue weighted by Crippen LogP contribution is 2.23. The Bertz CT molecular complexity index is 847. The first-order chi connectivity index (χ1) is 12.1. The van der Waals surface area contributed by atoms with Gasteiger partial charge in [-0.15, -0.1) is 0 Å². The fourth-order valence-corrected chi connectivity index (χ4v) is 5.27. The Morgan fingerprint density at radius 1 is 1.27 bits per heavy atom. The van der Waals surface area contributed by atoms with E-state index >= 15 is 0 Å². The first-order valence-electron chi connectivity index (χ1n) is 8.62. The van der Waals surface area contributed by atoms with Crippen LogP contribution in [0, 0.1) is 0 Å². The fourth-order valence-electron chi connectivity index (χ4n) is 2.77. The molecule has 0 aromatic heterocycles. The number of rotatable bonds is 5. The number of guanidine groups is 1. The molecular formula is C17H27N3O4S2. The van der Waals surface area contributed by atoms with Crippen molar-refractivity contribution in [3.05, 3.63) is 30.3 Å². The number of hydrogen-bond donors (Lipinski definition) is 1. The van der Waals surface area contributed by atoms with E-state index in [0.717, 1.165) is 0 Å². The lowest BCUT2D eigenvalue weighted by Crippen LogP contribution is -2.57. The molecule has 0 atom stereocenters. The molecule has 0 saturated carbocycles. The van der Waals surface area contributed by atoms with Gasteiger partial charge < -0.3 is 10.2 Å². The normalized spacial score (nSPS) is 20.0. The van der Waals surface area contributed by atoms with Crippen molar-refractivity contribution >= 4 is 25.6 Å². The summed E-state index contributed by atoms with van der Waals surface area (Å²) in [6.45, 7) is 6.74. The predicted octanol–water partition coefficient (Wildman–Crippen LogP) is 0.935. The Morgan fingerprint density at radius 3 is 2.50 bits per heavy atom. The van der Waals surface area contributed by atoms with Crippen LogP contribution in [0.15, 0.2) is 40.2 Å². The maximum atomic E-state index is 12.4. The molecular weight excluding hydrogens is 374 g/mol. The van der Waals surface area contributed by atoms with Gasteiger partial charge in [0, 0.05) is 19.6 Å². The number of nitrogens with one attached hydrogen (secondary N) is 1. The van der Waals surface area contributed by atoms with Gasteiger partial charge in [-0.25, -0.2) is 16.8 Å². The predicted molar refractivity (Wildman–Crippen MR) is 104 cm³/mol. The first kappa shape index (κ1) is 20.7. The van der Waals surface area contributed by atoms with Gasteiger partial charge in [-0.1, -0.05) is 18.2 Å². The van der Waals surface area contributed by atoms with Crippen LogP contribution in [0.3, 0.4) is 0 Å². The highest BCUT2D eigenvalue weighted by molar-refractivity contribution is 7.92. The van der Waals surface area contributed by atoms with Gasteiger partial charge in [0.15, 0.2) is 25.6 Å². The lowest BCUT2D eigenvalue weighted by molar-refractivity contribution is 0.353. The van der Waals surface area contributed by atoms with E-state index in [4.69, 9.17) is 0 Å². The zero-order chi connectivity index (χ0) is 19.4. The molecule has 0 amide bonds. The standard InChI is InChI=1S/C17H27N3O4S2/c1-4-18-16(20-11-13-26(23,24)17(2,3)14-20)19-10-12-25(21,22)15-8-6-5-7-9-15/h5-9H,4,10-14H2,1-3H3,(H,18,19). The molecule has 2 rings (SSSR count). The number of benzene rings is 1. The van der Waals surface area contributed by atoms with Gasteiger partial charge >= 0.3 is 0 Å². The summed E-state index contributed by atoms with van der Waals surface area (Å²) < 4.78 is 48.2. The summed E-state index contributed by atoms with van der Waals surface area (Å²) >= 11 is 0. The molecule has 0 radical (unpaired) electrons. The second-order valence-corrected chi connectivity index (χ2v) is 11.7. The Hall–Kier alpha value is -1.61. The maximum absolute atomic E-state index is 12.4. The average Bonchev–Trinajstić information content (AvgIpc) is 2.57. The van der Waals surface area contributed by atoms with Crippen molar-refractivity contribution in [1.29, 1.82) is 0 Å². The third-order valence-corrected chi connectivity index (χ3v) is 8.65. The summed E-state index contributed by atoms with van der Waals surface area (Å²) in [5.41, 5.74) is 0. The maximum Gasteiger partial charge on any atom is 0.194 e. The number of hydrogen-bond acceptors (Lipinski definition) is 5. The molecule has 1 aromatic rings. The number of sulfone groups is 2. The molecule has 1 aromatic carbocycles. The van der Waals surface area contributed by atoms with E-state index in [-0.39, 0.29) is 22.9 Å². The van der Waals surface area contributed by atoms with Crippen LogP contribution in [-0.4, -0.2) is 70.1 Å². The Balaban J connectivity index is 2.10. The largest absolute Gasteiger partial charge is 0.357 e. The Kier molecular flexibility index (Phi) is 6.33. The zero-order valence-electron chi connectivity index (χ0n) is 15.5. The summed E-state index contributed by atoms with van der Waals surface area (Å²) in [6, 6.07) is 8.30. The Morgan fingerprint density at radius 2 is 1.92 bits per heavy atom. The molecule has 9 heteroatoms. The molecule has 1 N–H and O–H groups in total. The molecule has 146 valence electrons. The van der Waals surface area contributed by atoms with E-state index in [2.05, 4.69) is 10.3 Å². The monoisotopic (exact) mass is 401 g/mol. The van der Waals surface area contributed by atoms with Gasteiger partial charge in [-0.05, 0) is 32.9 Å². The summed E-state index contributed by atoms with van der Waals surface area (Å²) in [6.07, 6.45) is 0. The van der Waals surface area contributed by atoms with Crippen molar-refractivity contribution in [1.82, 2.24) is 10.2 Å². The topological polar surface area (TPSA) is 95.9 Å². The quantitative estimate of drug-likeness (QED) is 0.583. The lowest BCUT2D eigenvalue weighted by atomic mass is 10.2. The first-order valence-corrected chi connectivity index (χ1v) is 11.9. The van der Waals surface area contributed by atoms with Crippen molar-refractivity contribution in [2.24, 2.45) is 4.99 Å². The molecule has 1 fully saturated rings. The van der Waals surface area contributed by atoms with E-state index in [1.165, 1.54) is 0 Å². The van der Waals surface area contributed by atoms with Gasteiger partial charge in [0.1, 0.15) is 0 Å². The van der Waals surface area contributed by atoms with Gasteiger partial charge in [-0.3, -0.25) is 4.99 Å². The fraction of sp³-hybridized carbons (Fsp3) is 0.588. The van der Waals surface area contributed by atoms with Crippen molar-refractivity contribution in [2.45, 2.75) is 30.4 Å². The minimum atomic E-state index is -3.39. The highest BCUT2D eigenvalue weighted by Gasteiger charge is 2.40. The van der Waals surface area contributed by atoms with E-state index in [1.54, 1.807) is 44.2 Å². The SMILES string of the molecule is CCNC(=NCCS(=O)(=O)c1ccccc1)N1CCS(=O)(=O)C(C)(C)C1. The van der Waals surface area contributed by atoms with Crippen LogP contribution < -0.4 is 5.32 Å². The Labute approximate surface area is 156 Å². The minimum absolute atomic E-state index is 0.0622. The van der Waals surface area contributed by atoms with Crippen LogP contribution in [0.4, 0.5) is 0 Å². The smallest absolute Gasteiger partial charge is 0.194 e. The van der Waals surface area contributed by atoms with Gasteiger partial charge in [0.25, 0.3) is 0 Å². The summed E-state index contributed by atoms with van der Waals surface area (Å²) in [5.74, 6) is 0.521. The molecule has 1 saturated heterocycles. The van der Waals surface area contributed by atoms with E-state index in [9.17, 15) is 16.8 Å². The molecule has 0 spiro atoms. The number of nitrogens with zero attached hydrogens (tertiary/aromatic N) is 2. The molecule has 1 heterocycles. The van der Waals surface area contributed by atoms with Crippen LogP contribution in [0.25, 0.3) is 0 Å². The zero-order valence-corrected chi connectivity index (χ0v) is 17.1. The van der Waals surface area contributed by atoms with Gasteiger partial charge in [-0.2, -0.15) is 0 Å². The average molecular weight is 402 g/mol. The molecule has 1 aliphatic rings. The highest BCUT2D eigenvalue weighted by atomic mass is 32.2.